The van der Waals surface area contributed by atoms with Crippen molar-refractivity contribution in [3.63, 3.8) is 0 Å². The van der Waals surface area contributed by atoms with Crippen molar-refractivity contribution in [3.05, 3.63) is 70.7 Å². The van der Waals surface area contributed by atoms with Gasteiger partial charge in [-0.3, -0.25) is 4.79 Å². The van der Waals surface area contributed by atoms with E-state index in [1.165, 1.54) is 28.4 Å². The normalized spacial score (nSPS) is 13.4. The van der Waals surface area contributed by atoms with Gasteiger partial charge >= 0.3 is 0 Å². The van der Waals surface area contributed by atoms with Gasteiger partial charge < -0.3 is 19.0 Å². The van der Waals surface area contributed by atoms with Gasteiger partial charge in [-0.05, 0) is 30.3 Å². The molecule has 0 radical (unpaired) electrons. The number of hydrogen-bond acceptors (Lipinski definition) is 6. The topological polar surface area (TPSA) is 84.2 Å². The third-order valence-corrected chi connectivity index (χ3v) is 6.23. The number of rotatable bonds is 6. The zero-order valence-corrected chi connectivity index (χ0v) is 18.1. The molecule has 1 aliphatic heterocycles. The summed E-state index contributed by atoms with van der Waals surface area (Å²) >= 11 is 7.10. The molecular formula is C22H19ClN4O3S. The molecule has 1 N–H and O–H groups in total. The Morgan fingerprint density at radius 2 is 2.03 bits per heavy atom. The molecule has 0 atom stereocenters. The second-order valence-electron chi connectivity index (χ2n) is 7.19. The molecular weight excluding hydrogens is 436 g/mol. The van der Waals surface area contributed by atoms with Crippen LogP contribution in [0.4, 0.5) is 0 Å². The molecule has 3 heterocycles. The first kappa shape index (κ1) is 20.0. The molecule has 1 aliphatic rings. The number of halogens is 1. The predicted octanol–water partition coefficient (Wildman–Crippen LogP) is 4.46. The molecule has 1 amide bonds. The van der Waals surface area contributed by atoms with Crippen molar-refractivity contribution >= 4 is 40.2 Å². The van der Waals surface area contributed by atoms with Crippen molar-refractivity contribution in [1.29, 1.82) is 0 Å². The summed E-state index contributed by atoms with van der Waals surface area (Å²) in [4.78, 5) is 18.1. The van der Waals surface area contributed by atoms with Crippen LogP contribution in [0.25, 0.3) is 10.9 Å². The SMILES string of the molecule is O=C(CSc1nnc(COc2ccc(Cl)cc2)o1)N1CCc2[nH]c3ccccc3c2C1. The number of nitrogens with zero attached hydrogens (tertiary/aromatic N) is 3. The van der Waals surface area contributed by atoms with Crippen LogP contribution in [0.3, 0.4) is 0 Å². The van der Waals surface area contributed by atoms with Crippen molar-refractivity contribution in [2.75, 3.05) is 12.3 Å². The summed E-state index contributed by atoms with van der Waals surface area (Å²) in [5.41, 5.74) is 3.55. The Labute approximate surface area is 187 Å². The molecule has 0 aliphatic carbocycles. The highest BCUT2D eigenvalue weighted by Crippen LogP contribution is 2.28. The summed E-state index contributed by atoms with van der Waals surface area (Å²) in [5.74, 6) is 1.32. The van der Waals surface area contributed by atoms with Gasteiger partial charge in [-0.1, -0.05) is 41.6 Å². The highest BCUT2D eigenvalue weighted by Gasteiger charge is 2.24. The minimum Gasteiger partial charge on any atom is -0.484 e. The number of amides is 1. The monoisotopic (exact) mass is 454 g/mol. The van der Waals surface area contributed by atoms with E-state index in [2.05, 4.69) is 27.3 Å². The van der Waals surface area contributed by atoms with Crippen LogP contribution >= 0.6 is 23.4 Å². The minimum atomic E-state index is 0.0538. The number of aromatic amines is 1. The molecule has 0 bridgehead atoms. The molecule has 2 aromatic carbocycles. The fourth-order valence-corrected chi connectivity index (χ4v) is 4.43. The Morgan fingerprint density at radius 1 is 1.19 bits per heavy atom. The van der Waals surface area contributed by atoms with Crippen LogP contribution in [0, 0.1) is 0 Å². The van der Waals surface area contributed by atoms with Crippen LogP contribution in [-0.2, 0) is 24.4 Å². The third kappa shape index (κ3) is 4.40. The molecule has 9 heteroatoms. The van der Waals surface area contributed by atoms with Gasteiger partial charge in [0.25, 0.3) is 11.1 Å². The highest BCUT2D eigenvalue weighted by molar-refractivity contribution is 7.99. The maximum Gasteiger partial charge on any atom is 0.277 e. The zero-order chi connectivity index (χ0) is 21.2. The average molecular weight is 455 g/mol. The summed E-state index contributed by atoms with van der Waals surface area (Å²) in [7, 11) is 0. The zero-order valence-electron chi connectivity index (χ0n) is 16.5. The van der Waals surface area contributed by atoms with E-state index in [1.54, 1.807) is 24.3 Å². The molecule has 158 valence electrons. The Hall–Kier alpha value is -2.97. The lowest BCUT2D eigenvalue weighted by Crippen LogP contribution is -2.36. The van der Waals surface area contributed by atoms with E-state index >= 15 is 0 Å². The first-order chi connectivity index (χ1) is 15.2. The Morgan fingerprint density at radius 3 is 2.90 bits per heavy atom. The largest absolute Gasteiger partial charge is 0.484 e. The molecule has 2 aromatic heterocycles. The number of thioether (sulfide) groups is 1. The average Bonchev–Trinajstić information content (AvgIpc) is 3.41. The summed E-state index contributed by atoms with van der Waals surface area (Å²) in [5, 5.41) is 10.2. The van der Waals surface area contributed by atoms with Crippen LogP contribution < -0.4 is 4.74 Å². The molecule has 7 nitrogen and oxygen atoms in total. The number of aromatic nitrogens is 3. The fraction of sp³-hybridized carbons (Fsp3) is 0.227. The van der Waals surface area contributed by atoms with Gasteiger partial charge in [-0.25, -0.2) is 0 Å². The van der Waals surface area contributed by atoms with E-state index in [0.29, 0.717) is 35.0 Å². The maximum absolute atomic E-state index is 12.8. The van der Waals surface area contributed by atoms with Crippen molar-refractivity contribution < 1.29 is 13.9 Å². The van der Waals surface area contributed by atoms with Crippen molar-refractivity contribution in [3.8, 4) is 5.75 Å². The minimum absolute atomic E-state index is 0.0538. The van der Waals surface area contributed by atoms with Gasteiger partial charge in [0.05, 0.1) is 5.75 Å². The first-order valence-corrected chi connectivity index (χ1v) is 11.2. The number of hydrogen-bond donors (Lipinski definition) is 1. The fourth-order valence-electron chi connectivity index (χ4n) is 3.62. The van der Waals surface area contributed by atoms with E-state index in [0.717, 1.165) is 11.9 Å². The summed E-state index contributed by atoms with van der Waals surface area (Å²) in [6.07, 6.45) is 0.827. The van der Waals surface area contributed by atoms with Gasteiger partial charge in [0.15, 0.2) is 6.61 Å². The number of nitrogens with one attached hydrogen (secondary N) is 1. The van der Waals surface area contributed by atoms with Crippen molar-refractivity contribution in [2.24, 2.45) is 0 Å². The van der Waals surface area contributed by atoms with Crippen LogP contribution in [0.15, 0.2) is 58.2 Å². The first-order valence-electron chi connectivity index (χ1n) is 9.85. The van der Waals surface area contributed by atoms with E-state index in [9.17, 15) is 4.79 Å². The molecule has 0 saturated heterocycles. The number of carbonyl (C=O) groups is 1. The quantitative estimate of drug-likeness (QED) is 0.433. The standard InChI is InChI=1S/C22H19ClN4O3S/c23-14-5-7-15(8-6-14)29-12-20-25-26-22(30-20)31-13-21(28)27-10-9-19-17(11-27)16-3-1-2-4-18(16)24-19/h1-8,24H,9-13H2. The second-order valence-corrected chi connectivity index (χ2v) is 8.55. The van der Waals surface area contributed by atoms with Gasteiger partial charge in [0.1, 0.15) is 5.75 Å². The van der Waals surface area contributed by atoms with Crippen molar-refractivity contribution in [1.82, 2.24) is 20.1 Å². The van der Waals surface area contributed by atoms with E-state index in [4.69, 9.17) is 20.8 Å². The summed E-state index contributed by atoms with van der Waals surface area (Å²) < 4.78 is 11.2. The lowest BCUT2D eigenvalue weighted by atomic mass is 10.0. The number of para-hydroxylation sites is 1. The molecule has 0 fully saturated rings. The maximum atomic E-state index is 12.8. The third-order valence-electron chi connectivity index (χ3n) is 5.18. The molecule has 31 heavy (non-hydrogen) atoms. The highest BCUT2D eigenvalue weighted by atomic mass is 35.5. The Kier molecular flexibility index (Phi) is 5.57. The van der Waals surface area contributed by atoms with Gasteiger partial charge in [-0.15, -0.1) is 10.2 Å². The lowest BCUT2D eigenvalue weighted by Gasteiger charge is -2.27. The summed E-state index contributed by atoms with van der Waals surface area (Å²) in [6.45, 7) is 1.46. The van der Waals surface area contributed by atoms with Gasteiger partial charge in [0, 0.05) is 46.7 Å². The van der Waals surface area contributed by atoms with E-state index in [-0.39, 0.29) is 18.3 Å². The van der Waals surface area contributed by atoms with Crippen LogP contribution in [0.5, 0.6) is 5.75 Å². The van der Waals surface area contributed by atoms with E-state index < -0.39 is 0 Å². The lowest BCUT2D eigenvalue weighted by molar-refractivity contribution is -0.129. The molecule has 0 unspecified atom stereocenters. The smallest absolute Gasteiger partial charge is 0.277 e. The molecule has 0 spiro atoms. The Balaban J connectivity index is 1.15. The summed E-state index contributed by atoms with van der Waals surface area (Å²) in [6, 6.07) is 15.2. The number of H-pyrrole nitrogens is 1. The predicted molar refractivity (Wildman–Crippen MR) is 118 cm³/mol. The van der Waals surface area contributed by atoms with Crippen LogP contribution in [0.1, 0.15) is 17.1 Å². The molecule has 5 rings (SSSR count). The number of ether oxygens (including phenoxy) is 1. The van der Waals surface area contributed by atoms with E-state index in [1.807, 2.05) is 17.0 Å². The number of carbonyl (C=O) groups excluding carboxylic acids is 1. The second kappa shape index (κ2) is 8.64. The van der Waals surface area contributed by atoms with Crippen LogP contribution in [-0.4, -0.2) is 38.3 Å². The van der Waals surface area contributed by atoms with Crippen molar-refractivity contribution in [2.45, 2.75) is 24.8 Å². The van der Waals surface area contributed by atoms with Gasteiger partial charge in [-0.2, -0.15) is 0 Å². The Bertz CT molecular complexity index is 1220. The molecule has 0 saturated carbocycles. The number of fused-ring (bicyclic) bond motifs is 3. The molecule has 4 aromatic rings. The number of benzene rings is 2. The van der Waals surface area contributed by atoms with Gasteiger partial charge in [0.2, 0.25) is 5.91 Å². The van der Waals surface area contributed by atoms with Crippen LogP contribution in [0.2, 0.25) is 5.02 Å².